The summed E-state index contributed by atoms with van der Waals surface area (Å²) < 4.78 is 10.9. The molecule has 0 bridgehead atoms. The number of amides is 2. The Bertz CT molecular complexity index is 711. The van der Waals surface area contributed by atoms with Gasteiger partial charge >= 0.3 is 6.03 Å². The Labute approximate surface area is 147 Å². The molecule has 1 N–H and O–H groups in total. The van der Waals surface area contributed by atoms with Crippen LogP contribution in [0.1, 0.15) is 49.7 Å². The molecule has 1 saturated heterocycles. The van der Waals surface area contributed by atoms with E-state index in [1.165, 1.54) is 0 Å². The smallest absolute Gasteiger partial charge is 0.318 e. The molecule has 0 aliphatic carbocycles. The SMILES string of the molecule is Cc1cc([C@@H]2CCCN2C(=O)NCc2ccc(OC(C)C)nc2)on1. The fraction of sp³-hybridized carbons (Fsp3) is 0.500. The molecule has 0 spiro atoms. The Balaban J connectivity index is 1.56. The molecule has 2 aromatic heterocycles. The average Bonchev–Trinajstić information content (AvgIpc) is 3.22. The van der Waals surface area contributed by atoms with Crippen LogP contribution in [0.5, 0.6) is 5.88 Å². The molecule has 3 heterocycles. The molecule has 25 heavy (non-hydrogen) atoms. The quantitative estimate of drug-likeness (QED) is 0.901. The van der Waals surface area contributed by atoms with E-state index in [1.807, 2.05) is 43.9 Å². The van der Waals surface area contributed by atoms with Crippen molar-refractivity contribution in [3.8, 4) is 5.88 Å². The van der Waals surface area contributed by atoms with Gasteiger partial charge in [0, 0.05) is 31.4 Å². The van der Waals surface area contributed by atoms with Gasteiger partial charge in [0.15, 0.2) is 5.76 Å². The van der Waals surface area contributed by atoms with E-state index >= 15 is 0 Å². The lowest BCUT2D eigenvalue weighted by Crippen LogP contribution is -2.39. The number of aromatic nitrogens is 2. The van der Waals surface area contributed by atoms with Gasteiger partial charge in [-0.1, -0.05) is 11.2 Å². The maximum Gasteiger partial charge on any atom is 0.318 e. The molecule has 1 aliphatic heterocycles. The average molecular weight is 344 g/mol. The molecule has 0 aromatic carbocycles. The predicted molar refractivity (Wildman–Crippen MR) is 92.2 cm³/mol. The number of ether oxygens (including phenoxy) is 1. The van der Waals surface area contributed by atoms with Gasteiger partial charge in [0.1, 0.15) is 0 Å². The van der Waals surface area contributed by atoms with Crippen molar-refractivity contribution < 1.29 is 14.1 Å². The van der Waals surface area contributed by atoms with E-state index in [-0.39, 0.29) is 18.2 Å². The van der Waals surface area contributed by atoms with Crippen LogP contribution in [-0.4, -0.2) is 33.7 Å². The van der Waals surface area contributed by atoms with Crippen LogP contribution >= 0.6 is 0 Å². The van der Waals surface area contributed by atoms with Gasteiger partial charge in [-0.05, 0) is 39.2 Å². The maximum absolute atomic E-state index is 12.5. The van der Waals surface area contributed by atoms with Gasteiger partial charge in [-0.2, -0.15) is 0 Å². The van der Waals surface area contributed by atoms with Crippen LogP contribution in [0.3, 0.4) is 0 Å². The van der Waals surface area contributed by atoms with Crippen LogP contribution in [0.4, 0.5) is 4.79 Å². The summed E-state index contributed by atoms with van der Waals surface area (Å²) in [7, 11) is 0. The highest BCUT2D eigenvalue weighted by molar-refractivity contribution is 5.75. The molecule has 2 amide bonds. The summed E-state index contributed by atoms with van der Waals surface area (Å²) >= 11 is 0. The minimum absolute atomic E-state index is 0.0406. The van der Waals surface area contributed by atoms with Crippen molar-refractivity contribution in [3.05, 3.63) is 41.4 Å². The highest BCUT2D eigenvalue weighted by Gasteiger charge is 2.32. The third kappa shape index (κ3) is 4.29. The van der Waals surface area contributed by atoms with E-state index < -0.39 is 0 Å². The summed E-state index contributed by atoms with van der Waals surface area (Å²) in [6.45, 7) is 6.94. The van der Waals surface area contributed by atoms with E-state index in [0.29, 0.717) is 12.4 Å². The van der Waals surface area contributed by atoms with Crippen LogP contribution in [0, 0.1) is 6.92 Å². The minimum atomic E-state index is -0.0981. The molecule has 0 saturated carbocycles. The van der Waals surface area contributed by atoms with Gasteiger partial charge < -0.3 is 19.5 Å². The fourth-order valence-corrected chi connectivity index (χ4v) is 2.95. The molecular formula is C18H24N4O3. The number of aryl methyl sites for hydroxylation is 1. The summed E-state index contributed by atoms with van der Waals surface area (Å²) in [5.74, 6) is 1.34. The monoisotopic (exact) mass is 344 g/mol. The van der Waals surface area contributed by atoms with Crippen LogP contribution < -0.4 is 10.1 Å². The normalized spacial score (nSPS) is 17.1. The number of rotatable bonds is 5. The van der Waals surface area contributed by atoms with Crippen molar-refractivity contribution >= 4 is 6.03 Å². The second kappa shape index (κ2) is 7.55. The molecule has 2 aromatic rings. The zero-order chi connectivity index (χ0) is 17.8. The van der Waals surface area contributed by atoms with Crippen LogP contribution in [0.2, 0.25) is 0 Å². The first-order valence-electron chi connectivity index (χ1n) is 8.62. The van der Waals surface area contributed by atoms with Crippen molar-refractivity contribution in [1.29, 1.82) is 0 Å². The van der Waals surface area contributed by atoms with E-state index in [0.717, 1.165) is 36.4 Å². The molecule has 0 unspecified atom stereocenters. The van der Waals surface area contributed by atoms with Crippen LogP contribution in [0.25, 0.3) is 0 Å². The van der Waals surface area contributed by atoms with Crippen molar-refractivity contribution in [2.45, 2.75) is 52.3 Å². The molecule has 3 rings (SSSR count). The Hall–Kier alpha value is -2.57. The van der Waals surface area contributed by atoms with Crippen molar-refractivity contribution in [1.82, 2.24) is 20.4 Å². The Morgan fingerprint density at radius 1 is 1.48 bits per heavy atom. The highest BCUT2D eigenvalue weighted by atomic mass is 16.5. The third-order valence-electron chi connectivity index (χ3n) is 4.09. The van der Waals surface area contributed by atoms with Gasteiger partial charge in [0.05, 0.1) is 17.8 Å². The molecular weight excluding hydrogens is 320 g/mol. The Kier molecular flexibility index (Phi) is 5.21. The maximum atomic E-state index is 12.5. The van der Waals surface area contributed by atoms with Crippen molar-refractivity contribution in [2.24, 2.45) is 0 Å². The van der Waals surface area contributed by atoms with Crippen LogP contribution in [-0.2, 0) is 6.54 Å². The van der Waals surface area contributed by atoms with Crippen molar-refractivity contribution in [3.63, 3.8) is 0 Å². The number of nitrogens with zero attached hydrogens (tertiary/aromatic N) is 3. The van der Waals surface area contributed by atoms with Crippen LogP contribution in [0.15, 0.2) is 28.9 Å². The summed E-state index contributed by atoms with van der Waals surface area (Å²) in [6, 6.07) is 5.48. The van der Waals surface area contributed by atoms with Gasteiger partial charge in [-0.25, -0.2) is 9.78 Å². The van der Waals surface area contributed by atoms with Gasteiger partial charge in [0.2, 0.25) is 5.88 Å². The number of urea groups is 1. The third-order valence-corrected chi connectivity index (χ3v) is 4.09. The van der Waals surface area contributed by atoms with Gasteiger partial charge in [-0.15, -0.1) is 0 Å². The molecule has 1 fully saturated rings. The first-order chi connectivity index (χ1) is 12.0. The number of carbonyl (C=O) groups is 1. The zero-order valence-corrected chi connectivity index (χ0v) is 14.9. The van der Waals surface area contributed by atoms with E-state index in [1.54, 1.807) is 6.20 Å². The van der Waals surface area contributed by atoms with Gasteiger partial charge in [0.25, 0.3) is 0 Å². The lowest BCUT2D eigenvalue weighted by molar-refractivity contribution is 0.182. The number of hydrogen-bond donors (Lipinski definition) is 1. The first-order valence-corrected chi connectivity index (χ1v) is 8.62. The van der Waals surface area contributed by atoms with Crippen molar-refractivity contribution in [2.75, 3.05) is 6.54 Å². The molecule has 7 heteroatoms. The fourth-order valence-electron chi connectivity index (χ4n) is 2.95. The highest BCUT2D eigenvalue weighted by Crippen LogP contribution is 2.32. The molecule has 134 valence electrons. The number of carbonyl (C=O) groups excluding carboxylic acids is 1. The summed E-state index contributed by atoms with van der Waals surface area (Å²) in [4.78, 5) is 18.6. The minimum Gasteiger partial charge on any atom is -0.475 e. The molecule has 1 aliphatic rings. The number of nitrogens with one attached hydrogen (secondary N) is 1. The standard InChI is InChI=1S/C18H24N4O3/c1-12(2)24-17-7-6-14(10-19-17)11-20-18(23)22-8-4-5-15(22)16-9-13(3)21-25-16/h6-7,9-10,12,15H,4-5,8,11H2,1-3H3,(H,20,23)/t15-/m0/s1. The summed E-state index contributed by atoms with van der Waals surface area (Å²) in [6.07, 6.45) is 3.66. The van der Waals surface area contributed by atoms with E-state index in [2.05, 4.69) is 15.5 Å². The molecule has 7 nitrogen and oxygen atoms in total. The zero-order valence-electron chi connectivity index (χ0n) is 14.9. The first kappa shape index (κ1) is 17.3. The number of hydrogen-bond acceptors (Lipinski definition) is 5. The second-order valence-corrected chi connectivity index (χ2v) is 6.55. The molecule has 0 radical (unpaired) electrons. The van der Waals surface area contributed by atoms with Gasteiger partial charge in [-0.3, -0.25) is 0 Å². The number of likely N-dealkylation sites (tertiary alicyclic amines) is 1. The van der Waals surface area contributed by atoms with E-state index in [4.69, 9.17) is 9.26 Å². The largest absolute Gasteiger partial charge is 0.475 e. The Morgan fingerprint density at radius 3 is 2.96 bits per heavy atom. The Morgan fingerprint density at radius 2 is 2.32 bits per heavy atom. The lowest BCUT2D eigenvalue weighted by atomic mass is 10.1. The molecule has 1 atom stereocenters. The number of pyridine rings is 1. The predicted octanol–water partition coefficient (Wildman–Crippen LogP) is 3.21. The summed E-state index contributed by atoms with van der Waals surface area (Å²) in [5.41, 5.74) is 1.76. The summed E-state index contributed by atoms with van der Waals surface area (Å²) in [5, 5.41) is 6.88. The lowest BCUT2D eigenvalue weighted by Gasteiger charge is -2.23. The topological polar surface area (TPSA) is 80.5 Å². The second-order valence-electron chi connectivity index (χ2n) is 6.55. The van der Waals surface area contributed by atoms with E-state index in [9.17, 15) is 4.79 Å².